The third-order valence-corrected chi connectivity index (χ3v) is 8.13. The molecule has 0 spiro atoms. The Kier molecular flexibility index (Phi) is 5.47. The van der Waals surface area contributed by atoms with Crippen LogP contribution in [0.1, 0.15) is 38.2 Å². The summed E-state index contributed by atoms with van der Waals surface area (Å²) in [5.41, 5.74) is -1.89. The lowest BCUT2D eigenvalue weighted by Gasteiger charge is -2.54. The first kappa shape index (κ1) is 22.0. The van der Waals surface area contributed by atoms with Gasteiger partial charge in [-0.05, 0) is 51.7 Å². The number of fused-ring (bicyclic) bond motifs is 1. The molecule has 31 heavy (non-hydrogen) atoms. The monoisotopic (exact) mass is 449 g/mol. The van der Waals surface area contributed by atoms with Crippen molar-refractivity contribution in [1.29, 1.82) is 0 Å². The van der Waals surface area contributed by atoms with E-state index >= 15 is 0 Å². The molecule has 4 rings (SSSR count). The Bertz CT molecular complexity index is 1020. The second-order valence-corrected chi connectivity index (χ2v) is 10.3. The number of ether oxygens (including phenoxy) is 1. The summed E-state index contributed by atoms with van der Waals surface area (Å²) < 4.78 is 35.4. The third-order valence-electron chi connectivity index (χ3n) is 6.81. The standard InChI is InChI=1S/C22H27NO7S/c1-14-8-10-16(11-9-14)31(27,28)29-13-12-17-19(25)23-22(20(26)30-21(17,22)2)18(24)15-6-4-3-5-7-15/h4,6,8-11,15,17-18,24H,3,5,7,12-13H2,1-2H3,(H,23,25)/t15?,17?,18-,21-,22?/m0/s1. The number of aryl methyl sites for hydroxylation is 1. The number of hydrogen-bond donors (Lipinski definition) is 2. The number of amides is 1. The predicted molar refractivity (Wildman–Crippen MR) is 110 cm³/mol. The van der Waals surface area contributed by atoms with Gasteiger partial charge in [0.05, 0.1) is 23.5 Å². The van der Waals surface area contributed by atoms with Crippen molar-refractivity contribution in [3.63, 3.8) is 0 Å². The van der Waals surface area contributed by atoms with Crippen LogP contribution in [0.3, 0.4) is 0 Å². The van der Waals surface area contributed by atoms with E-state index in [-0.39, 0.29) is 23.8 Å². The highest BCUT2D eigenvalue weighted by Crippen LogP contribution is 2.53. The second kappa shape index (κ2) is 7.72. The molecule has 2 fully saturated rings. The van der Waals surface area contributed by atoms with E-state index in [1.54, 1.807) is 19.1 Å². The van der Waals surface area contributed by atoms with Crippen molar-refractivity contribution in [2.24, 2.45) is 11.8 Å². The highest BCUT2D eigenvalue weighted by Gasteiger charge is 2.79. The summed E-state index contributed by atoms with van der Waals surface area (Å²) in [6.07, 6.45) is 5.26. The van der Waals surface area contributed by atoms with Crippen LogP contribution in [-0.2, 0) is 28.6 Å². The molecular formula is C22H27NO7S. The summed E-state index contributed by atoms with van der Waals surface area (Å²) in [4.78, 5) is 25.3. The molecule has 0 aromatic heterocycles. The number of aliphatic hydroxyl groups is 1. The van der Waals surface area contributed by atoms with Crippen LogP contribution in [0.2, 0.25) is 0 Å². The van der Waals surface area contributed by atoms with Crippen LogP contribution in [-0.4, -0.2) is 49.3 Å². The van der Waals surface area contributed by atoms with Gasteiger partial charge in [-0.2, -0.15) is 8.42 Å². The van der Waals surface area contributed by atoms with Crippen molar-refractivity contribution < 1.29 is 32.0 Å². The topological polar surface area (TPSA) is 119 Å². The van der Waals surface area contributed by atoms with Crippen LogP contribution in [0, 0.1) is 18.8 Å². The Morgan fingerprint density at radius 1 is 1.29 bits per heavy atom. The molecule has 0 bridgehead atoms. The van der Waals surface area contributed by atoms with Crippen LogP contribution in [0.4, 0.5) is 0 Å². The number of allylic oxidation sites excluding steroid dienone is 1. The Balaban J connectivity index is 1.48. The molecule has 2 N–H and O–H groups in total. The van der Waals surface area contributed by atoms with E-state index in [9.17, 15) is 23.1 Å². The number of esters is 1. The molecule has 2 saturated heterocycles. The van der Waals surface area contributed by atoms with Gasteiger partial charge in [-0.1, -0.05) is 29.8 Å². The van der Waals surface area contributed by atoms with E-state index < -0.39 is 45.2 Å². The van der Waals surface area contributed by atoms with Gasteiger partial charge >= 0.3 is 5.97 Å². The summed E-state index contributed by atoms with van der Waals surface area (Å²) in [5.74, 6) is -2.21. The first-order chi connectivity index (χ1) is 14.6. The zero-order valence-electron chi connectivity index (χ0n) is 17.5. The smallest absolute Gasteiger partial charge is 0.339 e. The van der Waals surface area contributed by atoms with Crippen LogP contribution in [0.5, 0.6) is 0 Å². The molecule has 1 amide bonds. The lowest BCUT2D eigenvalue weighted by molar-refractivity contribution is -0.238. The Hall–Kier alpha value is -2.23. The van der Waals surface area contributed by atoms with Crippen LogP contribution < -0.4 is 5.32 Å². The van der Waals surface area contributed by atoms with Crippen molar-refractivity contribution in [1.82, 2.24) is 5.32 Å². The van der Waals surface area contributed by atoms with Gasteiger partial charge in [0.15, 0.2) is 5.60 Å². The minimum Gasteiger partial charge on any atom is -0.453 e. The maximum absolute atomic E-state index is 12.8. The average Bonchev–Trinajstić information content (AvgIpc) is 2.91. The quantitative estimate of drug-likeness (QED) is 0.369. The molecule has 1 aromatic rings. The van der Waals surface area contributed by atoms with Gasteiger partial charge in [-0.15, -0.1) is 0 Å². The van der Waals surface area contributed by atoms with E-state index in [0.717, 1.165) is 18.4 Å². The molecule has 2 heterocycles. The molecule has 1 aromatic carbocycles. The van der Waals surface area contributed by atoms with Crippen molar-refractivity contribution in [3.8, 4) is 0 Å². The van der Waals surface area contributed by atoms with E-state index in [1.165, 1.54) is 12.1 Å². The van der Waals surface area contributed by atoms with Crippen LogP contribution in [0.15, 0.2) is 41.3 Å². The summed E-state index contributed by atoms with van der Waals surface area (Å²) in [6.45, 7) is 3.21. The minimum atomic E-state index is -3.98. The molecule has 2 aliphatic heterocycles. The molecule has 1 aliphatic carbocycles. The maximum Gasteiger partial charge on any atom is 0.339 e. The molecule has 5 atom stereocenters. The first-order valence-electron chi connectivity index (χ1n) is 10.5. The van der Waals surface area contributed by atoms with Crippen molar-refractivity contribution in [3.05, 3.63) is 42.0 Å². The molecule has 168 valence electrons. The Morgan fingerprint density at radius 3 is 2.61 bits per heavy atom. The largest absolute Gasteiger partial charge is 0.453 e. The van der Waals surface area contributed by atoms with Gasteiger partial charge in [0, 0.05) is 5.92 Å². The number of nitrogens with one attached hydrogen (secondary N) is 1. The molecule has 0 saturated carbocycles. The summed E-state index contributed by atoms with van der Waals surface area (Å²) >= 11 is 0. The van der Waals surface area contributed by atoms with E-state index in [1.807, 2.05) is 19.1 Å². The van der Waals surface area contributed by atoms with Crippen molar-refractivity contribution in [2.75, 3.05) is 6.61 Å². The Morgan fingerprint density at radius 2 is 2.00 bits per heavy atom. The van der Waals surface area contributed by atoms with Gasteiger partial charge in [0.1, 0.15) is 0 Å². The van der Waals surface area contributed by atoms with Crippen LogP contribution >= 0.6 is 0 Å². The molecule has 3 unspecified atom stereocenters. The Labute approximate surface area is 181 Å². The minimum absolute atomic E-state index is 0.0235. The van der Waals surface area contributed by atoms with Gasteiger partial charge in [0.2, 0.25) is 11.4 Å². The predicted octanol–water partition coefficient (Wildman–Crippen LogP) is 1.61. The maximum atomic E-state index is 12.8. The molecule has 0 radical (unpaired) electrons. The fourth-order valence-electron chi connectivity index (χ4n) is 4.93. The third kappa shape index (κ3) is 3.39. The number of carbonyl (C=O) groups is 2. The number of rotatable bonds is 7. The fraction of sp³-hybridized carbons (Fsp3) is 0.545. The normalized spacial score (nSPS) is 33.3. The number of carbonyl (C=O) groups excluding carboxylic acids is 2. The number of aliphatic hydroxyl groups excluding tert-OH is 1. The first-order valence-corrected chi connectivity index (χ1v) is 11.9. The van der Waals surface area contributed by atoms with Gasteiger partial charge in [0.25, 0.3) is 10.1 Å². The zero-order valence-corrected chi connectivity index (χ0v) is 18.4. The fourth-order valence-corrected chi connectivity index (χ4v) is 5.85. The summed E-state index contributed by atoms with van der Waals surface area (Å²) in [5, 5.41) is 13.7. The van der Waals surface area contributed by atoms with E-state index in [4.69, 9.17) is 8.92 Å². The van der Waals surface area contributed by atoms with Gasteiger partial charge < -0.3 is 15.2 Å². The van der Waals surface area contributed by atoms with Gasteiger partial charge in [-0.3, -0.25) is 8.98 Å². The summed E-state index contributed by atoms with van der Waals surface area (Å²) in [7, 11) is -3.98. The molecule has 3 aliphatic rings. The van der Waals surface area contributed by atoms with Crippen molar-refractivity contribution in [2.45, 2.75) is 61.7 Å². The summed E-state index contributed by atoms with van der Waals surface area (Å²) in [6, 6.07) is 6.26. The highest BCUT2D eigenvalue weighted by molar-refractivity contribution is 7.86. The van der Waals surface area contributed by atoms with E-state index in [2.05, 4.69) is 5.32 Å². The molecular weight excluding hydrogens is 422 g/mol. The highest BCUT2D eigenvalue weighted by atomic mass is 32.2. The lowest BCUT2D eigenvalue weighted by Crippen LogP contribution is -2.80. The van der Waals surface area contributed by atoms with Crippen LogP contribution in [0.25, 0.3) is 0 Å². The number of hydrogen-bond acceptors (Lipinski definition) is 7. The average molecular weight is 450 g/mol. The number of benzene rings is 1. The van der Waals surface area contributed by atoms with Crippen molar-refractivity contribution >= 4 is 22.0 Å². The zero-order chi connectivity index (χ0) is 22.4. The molecule has 9 heteroatoms. The van der Waals surface area contributed by atoms with E-state index in [0.29, 0.717) is 6.42 Å². The van der Waals surface area contributed by atoms with Gasteiger partial charge in [-0.25, -0.2) is 4.79 Å². The lowest BCUT2D eigenvalue weighted by atomic mass is 9.64. The second-order valence-electron chi connectivity index (χ2n) is 8.69. The molecule has 8 nitrogen and oxygen atoms in total. The SMILES string of the molecule is Cc1ccc(S(=O)(=O)OCCC2C(=O)NC3([C@@H](O)C4C=CCCC4)C(=O)O[C@@]23C)cc1.